The van der Waals surface area contributed by atoms with Gasteiger partial charge in [-0.2, -0.15) is 0 Å². The van der Waals surface area contributed by atoms with Crippen LogP contribution in [0, 0.1) is 5.41 Å². The summed E-state index contributed by atoms with van der Waals surface area (Å²) in [4.78, 5) is 1.25. The van der Waals surface area contributed by atoms with Gasteiger partial charge in [-0.3, -0.25) is 0 Å². The van der Waals surface area contributed by atoms with Gasteiger partial charge in [0.05, 0.1) is 6.61 Å². The molecule has 16 heavy (non-hydrogen) atoms. The zero-order valence-corrected chi connectivity index (χ0v) is 11.1. The van der Waals surface area contributed by atoms with Crippen molar-refractivity contribution >= 4 is 17.4 Å². The molecule has 0 amide bonds. The number of nitrogens with one attached hydrogen (secondary N) is 1. The smallest absolute Gasteiger partial charge is 0.0501 e. The van der Waals surface area contributed by atoms with Crippen LogP contribution in [0.25, 0.3) is 0 Å². The summed E-state index contributed by atoms with van der Waals surface area (Å²) >= 11 is 1.74. The summed E-state index contributed by atoms with van der Waals surface area (Å²) in [5.41, 5.74) is 1.12. The van der Waals surface area contributed by atoms with Crippen LogP contribution < -0.4 is 5.32 Å². The third-order valence-corrected chi connectivity index (χ3v) is 3.84. The lowest BCUT2D eigenvalue weighted by Crippen LogP contribution is -2.29. The van der Waals surface area contributed by atoms with Crippen molar-refractivity contribution in [2.75, 3.05) is 24.7 Å². The van der Waals surface area contributed by atoms with Crippen LogP contribution in [-0.2, 0) is 0 Å². The Morgan fingerprint density at radius 3 is 2.62 bits per heavy atom. The molecule has 0 aliphatic heterocycles. The van der Waals surface area contributed by atoms with Crippen molar-refractivity contribution in [1.29, 1.82) is 0 Å². The van der Waals surface area contributed by atoms with Gasteiger partial charge in [0, 0.05) is 22.5 Å². The van der Waals surface area contributed by atoms with E-state index in [4.69, 9.17) is 0 Å². The van der Waals surface area contributed by atoms with Crippen LogP contribution in [0.15, 0.2) is 29.2 Å². The largest absolute Gasteiger partial charge is 0.396 e. The molecule has 0 aromatic heterocycles. The van der Waals surface area contributed by atoms with E-state index < -0.39 is 0 Å². The molecule has 0 saturated heterocycles. The summed E-state index contributed by atoms with van der Waals surface area (Å²) in [5, 5.41) is 12.8. The van der Waals surface area contributed by atoms with E-state index in [1.54, 1.807) is 11.8 Å². The highest BCUT2D eigenvalue weighted by atomic mass is 32.2. The van der Waals surface area contributed by atoms with E-state index in [1.807, 2.05) is 12.1 Å². The molecule has 0 spiro atoms. The monoisotopic (exact) mass is 239 g/mol. The molecule has 0 radical (unpaired) electrons. The van der Waals surface area contributed by atoms with Crippen molar-refractivity contribution in [3.8, 4) is 0 Å². The molecule has 2 nitrogen and oxygen atoms in total. The minimum absolute atomic E-state index is 0.0362. The SMILES string of the molecule is CCC(C)(CO)CNc1ccccc1SC. The highest BCUT2D eigenvalue weighted by molar-refractivity contribution is 7.98. The fourth-order valence-electron chi connectivity index (χ4n) is 1.39. The number of hydrogen-bond acceptors (Lipinski definition) is 3. The molecule has 0 saturated carbocycles. The maximum atomic E-state index is 9.34. The number of rotatable bonds is 6. The predicted molar refractivity (Wildman–Crippen MR) is 72.2 cm³/mol. The fourth-order valence-corrected chi connectivity index (χ4v) is 1.97. The van der Waals surface area contributed by atoms with Crippen LogP contribution in [-0.4, -0.2) is 24.5 Å². The Kier molecular flexibility index (Phi) is 5.16. The normalized spacial score (nSPS) is 14.5. The van der Waals surface area contributed by atoms with Gasteiger partial charge in [0.15, 0.2) is 0 Å². The van der Waals surface area contributed by atoms with Crippen molar-refractivity contribution in [3.63, 3.8) is 0 Å². The van der Waals surface area contributed by atoms with Crippen LogP contribution in [0.5, 0.6) is 0 Å². The number of benzene rings is 1. The summed E-state index contributed by atoms with van der Waals surface area (Å²) < 4.78 is 0. The van der Waals surface area contributed by atoms with Gasteiger partial charge in [-0.15, -0.1) is 11.8 Å². The average Bonchev–Trinajstić information content (AvgIpc) is 2.36. The van der Waals surface area contributed by atoms with Gasteiger partial charge in [-0.1, -0.05) is 26.0 Å². The first kappa shape index (κ1) is 13.4. The van der Waals surface area contributed by atoms with Crippen LogP contribution >= 0.6 is 11.8 Å². The van der Waals surface area contributed by atoms with Gasteiger partial charge in [0.1, 0.15) is 0 Å². The first-order chi connectivity index (χ1) is 7.65. The van der Waals surface area contributed by atoms with Crippen molar-refractivity contribution in [2.45, 2.75) is 25.2 Å². The number of hydrogen-bond donors (Lipinski definition) is 2. The van der Waals surface area contributed by atoms with E-state index >= 15 is 0 Å². The zero-order valence-electron chi connectivity index (χ0n) is 10.3. The molecule has 90 valence electrons. The second-order valence-corrected chi connectivity index (χ2v) is 5.22. The Morgan fingerprint density at radius 2 is 2.06 bits per heavy atom. The van der Waals surface area contributed by atoms with Crippen molar-refractivity contribution in [1.82, 2.24) is 0 Å². The number of thioether (sulfide) groups is 1. The first-order valence-electron chi connectivity index (χ1n) is 5.63. The predicted octanol–water partition coefficient (Wildman–Crippen LogP) is 3.23. The lowest BCUT2D eigenvalue weighted by atomic mass is 9.88. The van der Waals surface area contributed by atoms with Crippen molar-refractivity contribution in [2.24, 2.45) is 5.41 Å². The van der Waals surface area contributed by atoms with Gasteiger partial charge in [-0.05, 0) is 24.8 Å². The zero-order chi connectivity index (χ0) is 12.0. The standard InChI is InChI=1S/C13H21NOS/c1-4-13(2,10-15)9-14-11-7-5-6-8-12(11)16-3/h5-8,14-15H,4,9-10H2,1-3H3. The van der Waals surface area contributed by atoms with Gasteiger partial charge < -0.3 is 10.4 Å². The molecule has 0 heterocycles. The highest BCUT2D eigenvalue weighted by Gasteiger charge is 2.20. The van der Waals surface area contributed by atoms with E-state index in [0.29, 0.717) is 0 Å². The number of anilines is 1. The molecule has 1 rings (SSSR count). The summed E-state index contributed by atoms with van der Waals surface area (Å²) in [6.45, 7) is 5.23. The lowest BCUT2D eigenvalue weighted by Gasteiger charge is -2.26. The average molecular weight is 239 g/mol. The molecule has 0 aliphatic rings. The molecule has 1 atom stereocenters. The Balaban J connectivity index is 2.67. The molecule has 1 aromatic rings. The van der Waals surface area contributed by atoms with Crippen molar-refractivity contribution in [3.05, 3.63) is 24.3 Å². The Morgan fingerprint density at radius 1 is 1.38 bits per heavy atom. The van der Waals surface area contributed by atoms with Gasteiger partial charge in [-0.25, -0.2) is 0 Å². The molecule has 2 N–H and O–H groups in total. The van der Waals surface area contributed by atoms with Gasteiger partial charge >= 0.3 is 0 Å². The maximum absolute atomic E-state index is 9.34. The van der Waals surface area contributed by atoms with E-state index in [1.165, 1.54) is 4.90 Å². The maximum Gasteiger partial charge on any atom is 0.0501 e. The third kappa shape index (κ3) is 3.42. The summed E-state index contributed by atoms with van der Waals surface area (Å²) in [5.74, 6) is 0. The summed E-state index contributed by atoms with van der Waals surface area (Å²) in [6, 6.07) is 8.26. The molecule has 1 aromatic carbocycles. The topological polar surface area (TPSA) is 32.3 Å². The number of aliphatic hydroxyl groups excluding tert-OH is 1. The molecule has 1 unspecified atom stereocenters. The van der Waals surface area contributed by atoms with Gasteiger partial charge in [0.25, 0.3) is 0 Å². The van der Waals surface area contributed by atoms with Crippen LogP contribution in [0.4, 0.5) is 5.69 Å². The van der Waals surface area contributed by atoms with E-state index in [9.17, 15) is 5.11 Å². The lowest BCUT2D eigenvalue weighted by molar-refractivity contribution is 0.149. The molecule has 0 fully saturated rings. The third-order valence-electron chi connectivity index (χ3n) is 3.05. The first-order valence-corrected chi connectivity index (χ1v) is 6.85. The Hall–Kier alpha value is -0.670. The molecule has 0 bridgehead atoms. The Bertz CT molecular complexity index is 323. The summed E-state index contributed by atoms with van der Waals surface area (Å²) in [6.07, 6.45) is 3.05. The second-order valence-electron chi connectivity index (χ2n) is 4.38. The van der Waals surface area contributed by atoms with Crippen LogP contribution in [0.3, 0.4) is 0 Å². The van der Waals surface area contributed by atoms with Crippen LogP contribution in [0.2, 0.25) is 0 Å². The summed E-state index contributed by atoms with van der Waals surface area (Å²) in [7, 11) is 0. The molecular weight excluding hydrogens is 218 g/mol. The fraction of sp³-hybridized carbons (Fsp3) is 0.538. The minimum Gasteiger partial charge on any atom is -0.396 e. The van der Waals surface area contributed by atoms with E-state index in [0.717, 1.165) is 18.7 Å². The van der Waals surface area contributed by atoms with E-state index in [2.05, 4.69) is 37.6 Å². The molecule has 3 heteroatoms. The highest BCUT2D eigenvalue weighted by Crippen LogP contribution is 2.27. The van der Waals surface area contributed by atoms with Gasteiger partial charge in [0.2, 0.25) is 0 Å². The quantitative estimate of drug-likeness (QED) is 0.748. The van der Waals surface area contributed by atoms with Crippen molar-refractivity contribution < 1.29 is 5.11 Å². The van der Waals surface area contributed by atoms with E-state index in [-0.39, 0.29) is 12.0 Å². The Labute approximate surface area is 102 Å². The number of aliphatic hydroxyl groups is 1. The second kappa shape index (κ2) is 6.16. The van der Waals surface area contributed by atoms with Crippen LogP contribution in [0.1, 0.15) is 20.3 Å². The number of para-hydroxylation sites is 1. The molecular formula is C13H21NOS. The molecule has 0 aliphatic carbocycles. The minimum atomic E-state index is -0.0362.